The molecule has 0 nitrogen and oxygen atoms in total. The fourth-order valence-corrected chi connectivity index (χ4v) is 7.86. The van der Waals surface area contributed by atoms with Crippen LogP contribution in [0.3, 0.4) is 0 Å². The van der Waals surface area contributed by atoms with Crippen LogP contribution in [0.25, 0.3) is 0 Å². The van der Waals surface area contributed by atoms with Crippen molar-refractivity contribution in [2.24, 2.45) is 34.5 Å². The maximum absolute atomic E-state index is 2.74. The molecule has 0 aromatic carbocycles. The Morgan fingerprint density at radius 1 is 0.630 bits per heavy atom. The minimum absolute atomic E-state index is 0.541. The molecule has 3 rings (SSSR count). The number of hydrogen-bond acceptors (Lipinski definition) is 0. The van der Waals surface area contributed by atoms with Crippen molar-refractivity contribution in [1.82, 2.24) is 0 Å². The molecule has 0 heteroatoms. The van der Waals surface area contributed by atoms with Crippen LogP contribution >= 0.6 is 0 Å². The fraction of sp³-hybridized carbons (Fsp3) is 1.00. The van der Waals surface area contributed by atoms with Gasteiger partial charge in [-0.2, -0.15) is 0 Å². The number of rotatable bonds is 7. The van der Waals surface area contributed by atoms with Crippen LogP contribution in [0.5, 0.6) is 0 Å². The molecule has 2 atom stereocenters. The monoisotopic (exact) mass is 374 g/mol. The highest BCUT2D eigenvalue weighted by Gasteiger charge is 2.43. The summed E-state index contributed by atoms with van der Waals surface area (Å²) >= 11 is 0. The molecule has 0 spiro atoms. The van der Waals surface area contributed by atoms with Gasteiger partial charge in [-0.15, -0.1) is 0 Å². The lowest BCUT2D eigenvalue weighted by molar-refractivity contribution is 0.00786. The van der Waals surface area contributed by atoms with Gasteiger partial charge in [0.15, 0.2) is 0 Å². The van der Waals surface area contributed by atoms with E-state index in [4.69, 9.17) is 0 Å². The van der Waals surface area contributed by atoms with Gasteiger partial charge in [-0.05, 0) is 73.0 Å². The van der Waals surface area contributed by atoms with Gasteiger partial charge >= 0.3 is 0 Å². The van der Waals surface area contributed by atoms with Gasteiger partial charge in [-0.25, -0.2) is 0 Å². The third-order valence-electron chi connectivity index (χ3n) is 9.40. The Hall–Kier alpha value is 0. The van der Waals surface area contributed by atoms with Crippen molar-refractivity contribution in [3.8, 4) is 0 Å². The van der Waals surface area contributed by atoms with Crippen molar-refractivity contribution in [3.63, 3.8) is 0 Å². The van der Waals surface area contributed by atoms with Crippen molar-refractivity contribution < 1.29 is 0 Å². The lowest BCUT2D eigenvalue weighted by atomic mass is 9.56. The van der Waals surface area contributed by atoms with Crippen LogP contribution in [-0.2, 0) is 0 Å². The molecule has 0 bridgehead atoms. The lowest BCUT2D eigenvalue weighted by Gasteiger charge is -2.50. The zero-order chi connectivity index (χ0) is 19.3. The molecule has 3 aliphatic rings. The van der Waals surface area contributed by atoms with Gasteiger partial charge in [0.1, 0.15) is 0 Å². The van der Waals surface area contributed by atoms with E-state index in [1.165, 1.54) is 109 Å². The Morgan fingerprint density at radius 2 is 1.07 bits per heavy atom. The summed E-state index contributed by atoms with van der Waals surface area (Å²) in [5.74, 6) is 3.96. The average Bonchev–Trinajstić information content (AvgIpc) is 2.69. The van der Waals surface area contributed by atoms with Gasteiger partial charge in [0.05, 0.1) is 0 Å². The fourth-order valence-electron chi connectivity index (χ4n) is 7.86. The average molecular weight is 375 g/mol. The molecule has 3 aliphatic carbocycles. The standard InChI is InChI=1S/C27H50/c1-22(23-14-8-5-9-15-23)20-27(4,25-18-12-7-13-19-25)21-26(2,3)24-16-10-6-11-17-24/h22-25H,5-21H2,1-4H3. The summed E-state index contributed by atoms with van der Waals surface area (Å²) in [7, 11) is 0. The van der Waals surface area contributed by atoms with Crippen LogP contribution in [0.2, 0.25) is 0 Å². The molecule has 0 aromatic heterocycles. The smallest absolute Gasteiger partial charge is 0.0290 e. The van der Waals surface area contributed by atoms with E-state index in [2.05, 4.69) is 27.7 Å². The topological polar surface area (TPSA) is 0 Å². The highest BCUT2D eigenvalue weighted by Crippen LogP contribution is 2.54. The molecule has 2 unspecified atom stereocenters. The van der Waals surface area contributed by atoms with E-state index < -0.39 is 0 Å². The van der Waals surface area contributed by atoms with Crippen LogP contribution in [-0.4, -0.2) is 0 Å². The zero-order valence-corrected chi connectivity index (χ0v) is 19.3. The van der Waals surface area contributed by atoms with Crippen molar-refractivity contribution in [2.75, 3.05) is 0 Å². The van der Waals surface area contributed by atoms with Gasteiger partial charge in [-0.3, -0.25) is 0 Å². The Morgan fingerprint density at radius 3 is 1.59 bits per heavy atom. The summed E-state index contributed by atoms with van der Waals surface area (Å²) in [6.45, 7) is 10.7. The van der Waals surface area contributed by atoms with E-state index in [-0.39, 0.29) is 0 Å². The summed E-state index contributed by atoms with van der Waals surface area (Å²) < 4.78 is 0. The van der Waals surface area contributed by atoms with E-state index in [1.807, 2.05) is 0 Å². The van der Waals surface area contributed by atoms with Crippen molar-refractivity contribution in [3.05, 3.63) is 0 Å². The Balaban J connectivity index is 1.72. The molecular weight excluding hydrogens is 324 g/mol. The lowest BCUT2D eigenvalue weighted by Crippen LogP contribution is -2.39. The summed E-state index contributed by atoms with van der Waals surface area (Å²) in [4.78, 5) is 0. The van der Waals surface area contributed by atoms with E-state index >= 15 is 0 Å². The molecule has 0 heterocycles. The van der Waals surface area contributed by atoms with Gasteiger partial charge in [0.2, 0.25) is 0 Å². The van der Waals surface area contributed by atoms with Crippen LogP contribution in [0.15, 0.2) is 0 Å². The first-order chi connectivity index (χ1) is 12.9. The minimum atomic E-state index is 0.541. The first kappa shape index (κ1) is 21.7. The zero-order valence-electron chi connectivity index (χ0n) is 19.3. The minimum Gasteiger partial charge on any atom is -0.0622 e. The SMILES string of the molecule is CC(CC(C)(CC(C)(C)C1CCCCC1)C1CCCCC1)C1CCCCC1. The van der Waals surface area contributed by atoms with Crippen molar-refractivity contribution >= 4 is 0 Å². The highest BCUT2D eigenvalue weighted by atomic mass is 14.5. The second kappa shape index (κ2) is 9.67. The van der Waals surface area contributed by atoms with Crippen LogP contribution in [0.1, 0.15) is 137 Å². The van der Waals surface area contributed by atoms with Gasteiger partial charge in [0, 0.05) is 0 Å². The Labute approximate surface area is 171 Å². The highest BCUT2D eigenvalue weighted by molar-refractivity contribution is 4.94. The predicted molar refractivity (Wildman–Crippen MR) is 120 cm³/mol. The number of hydrogen-bond donors (Lipinski definition) is 0. The van der Waals surface area contributed by atoms with Gasteiger partial charge in [0.25, 0.3) is 0 Å². The van der Waals surface area contributed by atoms with Gasteiger partial charge < -0.3 is 0 Å². The molecule has 0 aromatic rings. The molecule has 3 fully saturated rings. The van der Waals surface area contributed by atoms with Gasteiger partial charge in [-0.1, -0.05) is 98.3 Å². The van der Waals surface area contributed by atoms with Crippen molar-refractivity contribution in [1.29, 1.82) is 0 Å². The summed E-state index contributed by atoms with van der Waals surface area (Å²) in [6, 6.07) is 0. The molecule has 0 N–H and O–H groups in total. The second-order valence-electron chi connectivity index (χ2n) is 12.1. The molecule has 0 amide bonds. The van der Waals surface area contributed by atoms with Crippen molar-refractivity contribution in [2.45, 2.75) is 137 Å². The largest absolute Gasteiger partial charge is 0.0622 e. The van der Waals surface area contributed by atoms with Crippen LogP contribution in [0, 0.1) is 34.5 Å². The Bertz CT molecular complexity index is 417. The van der Waals surface area contributed by atoms with Crippen LogP contribution in [0.4, 0.5) is 0 Å². The van der Waals surface area contributed by atoms with E-state index in [0.717, 1.165) is 23.7 Å². The summed E-state index contributed by atoms with van der Waals surface area (Å²) in [6.07, 6.45) is 25.6. The summed E-state index contributed by atoms with van der Waals surface area (Å²) in [5.41, 5.74) is 1.12. The first-order valence-electron chi connectivity index (χ1n) is 12.9. The third-order valence-corrected chi connectivity index (χ3v) is 9.40. The second-order valence-corrected chi connectivity index (χ2v) is 12.1. The molecule has 27 heavy (non-hydrogen) atoms. The molecule has 3 saturated carbocycles. The van der Waals surface area contributed by atoms with E-state index in [9.17, 15) is 0 Å². The predicted octanol–water partition coefficient (Wildman–Crippen LogP) is 9.18. The summed E-state index contributed by atoms with van der Waals surface area (Å²) in [5, 5.41) is 0. The normalized spacial score (nSPS) is 28.0. The molecule has 0 saturated heterocycles. The third kappa shape index (κ3) is 5.76. The molecular formula is C27H50. The maximum atomic E-state index is 2.74. The molecule has 0 radical (unpaired) electrons. The molecule has 158 valence electrons. The first-order valence-corrected chi connectivity index (χ1v) is 12.9. The van der Waals surface area contributed by atoms with E-state index in [0.29, 0.717) is 10.8 Å². The maximum Gasteiger partial charge on any atom is -0.0290 e. The Kier molecular flexibility index (Phi) is 7.77. The van der Waals surface area contributed by atoms with E-state index in [1.54, 1.807) is 0 Å². The van der Waals surface area contributed by atoms with Crippen LogP contribution < -0.4 is 0 Å². The quantitative estimate of drug-likeness (QED) is 0.416. The molecule has 0 aliphatic heterocycles.